The Morgan fingerprint density at radius 3 is 2.54 bits per heavy atom. The lowest BCUT2D eigenvalue weighted by molar-refractivity contribution is -0.114. The Hall–Kier alpha value is -2.71. The second kappa shape index (κ2) is 9.39. The third kappa shape index (κ3) is 4.38. The van der Waals surface area contributed by atoms with Gasteiger partial charge in [-0.05, 0) is 72.9 Å². The lowest BCUT2D eigenvalue weighted by Crippen LogP contribution is -2.31. The molecule has 1 aliphatic heterocycles. The van der Waals surface area contributed by atoms with E-state index >= 15 is 0 Å². The van der Waals surface area contributed by atoms with Gasteiger partial charge in [0.25, 0.3) is 5.91 Å². The van der Waals surface area contributed by atoms with Gasteiger partial charge in [-0.2, -0.15) is 0 Å². The summed E-state index contributed by atoms with van der Waals surface area (Å²) < 4.78 is 17.3. The average molecular weight is 589 g/mol. The lowest BCUT2D eigenvalue weighted by atomic mass is 10.1. The summed E-state index contributed by atoms with van der Waals surface area (Å²) in [5, 5.41) is 2.20. The van der Waals surface area contributed by atoms with Gasteiger partial charge in [-0.1, -0.05) is 45.2 Å². The summed E-state index contributed by atoms with van der Waals surface area (Å²) >= 11 is 21.4. The van der Waals surface area contributed by atoms with Crippen molar-refractivity contribution in [3.63, 3.8) is 0 Å². The van der Waals surface area contributed by atoms with Crippen molar-refractivity contribution < 1.29 is 9.18 Å². The molecule has 5 rings (SSSR count). The summed E-state index contributed by atoms with van der Waals surface area (Å²) in [4.78, 5) is 16.6. The molecule has 1 aliphatic rings. The molecular formula is C26H17BrCl2FN3OS. The Morgan fingerprint density at radius 2 is 1.83 bits per heavy atom. The summed E-state index contributed by atoms with van der Waals surface area (Å²) in [5.41, 5.74) is 3.14. The number of amides is 1. The molecule has 2 heterocycles. The highest BCUT2D eigenvalue weighted by atomic mass is 79.9. The van der Waals surface area contributed by atoms with Gasteiger partial charge in [0.2, 0.25) is 0 Å². The molecule has 1 aromatic heterocycles. The van der Waals surface area contributed by atoms with Crippen LogP contribution in [0.15, 0.2) is 77.0 Å². The first kappa shape index (κ1) is 24.0. The number of fused-ring (bicyclic) bond motifs is 1. The molecule has 0 N–H and O–H groups in total. The van der Waals surface area contributed by atoms with Crippen molar-refractivity contribution in [2.24, 2.45) is 0 Å². The number of benzene rings is 3. The fraction of sp³-hybridized carbons (Fsp3) is 0.0769. The number of aromatic nitrogens is 1. The Morgan fingerprint density at radius 1 is 1.09 bits per heavy atom. The average Bonchev–Trinajstić information content (AvgIpc) is 3.26. The maximum atomic E-state index is 14.5. The van der Waals surface area contributed by atoms with Crippen molar-refractivity contribution in [2.45, 2.75) is 6.54 Å². The second-order valence-corrected chi connectivity index (χ2v) is 10.2. The van der Waals surface area contributed by atoms with Gasteiger partial charge in [0.05, 0.1) is 12.2 Å². The van der Waals surface area contributed by atoms with Crippen LogP contribution in [0.3, 0.4) is 0 Å². The summed E-state index contributed by atoms with van der Waals surface area (Å²) in [6.07, 6.45) is 3.70. The molecule has 3 aromatic carbocycles. The van der Waals surface area contributed by atoms with E-state index in [9.17, 15) is 9.18 Å². The first-order chi connectivity index (χ1) is 16.7. The van der Waals surface area contributed by atoms with Gasteiger partial charge in [0.1, 0.15) is 11.5 Å². The van der Waals surface area contributed by atoms with E-state index in [0.29, 0.717) is 32.1 Å². The molecule has 0 radical (unpaired) electrons. The molecule has 0 aliphatic carbocycles. The van der Waals surface area contributed by atoms with Crippen LogP contribution in [0.25, 0.3) is 17.0 Å². The van der Waals surface area contributed by atoms with E-state index in [2.05, 4.69) is 15.9 Å². The molecule has 1 saturated heterocycles. The normalized spacial score (nSPS) is 15.2. The minimum Gasteiger partial charge on any atom is -0.342 e. The molecule has 0 unspecified atom stereocenters. The van der Waals surface area contributed by atoms with Gasteiger partial charge in [0, 0.05) is 49.8 Å². The molecule has 35 heavy (non-hydrogen) atoms. The number of carbonyl (C=O) groups excluding carboxylic acids is 1. The van der Waals surface area contributed by atoms with Crippen molar-refractivity contribution in [3.8, 4) is 0 Å². The summed E-state index contributed by atoms with van der Waals surface area (Å²) in [7, 11) is 1.76. The zero-order valence-electron chi connectivity index (χ0n) is 18.3. The fourth-order valence-corrected chi connectivity index (χ4v) is 5.11. The molecule has 1 amide bonds. The molecule has 9 heteroatoms. The zero-order valence-corrected chi connectivity index (χ0v) is 22.2. The lowest BCUT2D eigenvalue weighted by Gasteiger charge is -2.16. The first-order valence-electron chi connectivity index (χ1n) is 10.6. The van der Waals surface area contributed by atoms with Crippen molar-refractivity contribution in [2.75, 3.05) is 11.9 Å². The predicted octanol–water partition coefficient (Wildman–Crippen LogP) is 7.50. The highest BCUT2D eigenvalue weighted by molar-refractivity contribution is 9.10. The van der Waals surface area contributed by atoms with E-state index in [-0.39, 0.29) is 18.3 Å². The van der Waals surface area contributed by atoms with Crippen molar-refractivity contribution in [3.05, 3.63) is 104 Å². The number of hydrogen-bond donors (Lipinski definition) is 0. The van der Waals surface area contributed by atoms with Crippen molar-refractivity contribution in [1.29, 1.82) is 0 Å². The fourth-order valence-electron chi connectivity index (χ4n) is 4.12. The van der Waals surface area contributed by atoms with Gasteiger partial charge >= 0.3 is 0 Å². The van der Waals surface area contributed by atoms with E-state index in [1.807, 2.05) is 29.0 Å². The molecule has 0 bridgehead atoms. The van der Waals surface area contributed by atoms with Crippen LogP contribution in [0, 0.1) is 5.82 Å². The number of rotatable bonds is 4. The van der Waals surface area contributed by atoms with E-state index in [1.165, 1.54) is 11.0 Å². The number of hydrogen-bond acceptors (Lipinski definition) is 2. The molecule has 1 fully saturated rings. The molecular weight excluding hydrogens is 572 g/mol. The van der Waals surface area contributed by atoms with Crippen molar-refractivity contribution >= 4 is 85.0 Å². The topological polar surface area (TPSA) is 28.5 Å². The number of nitrogens with zero attached hydrogens (tertiary/aromatic N) is 3. The molecule has 0 spiro atoms. The Bertz CT molecular complexity index is 1510. The van der Waals surface area contributed by atoms with Gasteiger partial charge in [0.15, 0.2) is 5.11 Å². The standard InChI is InChI=1S/C26H17BrCl2FN3OS/c1-31-24(25(34)33(26(31)35)18-8-6-17(28)7-9-18)11-15-13-32(23-10-5-16(27)12-19(15)23)14-20-21(29)3-2-4-22(20)30/h2-13H,14H2,1H3/b24-11-. The largest absolute Gasteiger partial charge is 0.342 e. The Balaban J connectivity index is 1.60. The quantitative estimate of drug-likeness (QED) is 0.182. The minimum atomic E-state index is -0.369. The third-order valence-electron chi connectivity index (χ3n) is 5.90. The predicted molar refractivity (Wildman–Crippen MR) is 147 cm³/mol. The van der Waals surface area contributed by atoms with Crippen LogP contribution in [0.4, 0.5) is 10.1 Å². The summed E-state index contributed by atoms with van der Waals surface area (Å²) in [6, 6.07) is 17.4. The van der Waals surface area contributed by atoms with E-state index in [4.69, 9.17) is 35.4 Å². The van der Waals surface area contributed by atoms with E-state index in [0.717, 1.165) is 20.9 Å². The van der Waals surface area contributed by atoms with Crippen LogP contribution < -0.4 is 4.90 Å². The molecule has 4 nitrogen and oxygen atoms in total. The number of halogens is 4. The summed E-state index contributed by atoms with van der Waals surface area (Å²) in [5.74, 6) is -0.612. The maximum absolute atomic E-state index is 14.5. The second-order valence-electron chi connectivity index (χ2n) is 8.06. The van der Waals surface area contributed by atoms with Crippen LogP contribution in [0.1, 0.15) is 11.1 Å². The number of likely N-dealkylation sites (N-methyl/N-ethyl adjacent to an activating group) is 1. The van der Waals surface area contributed by atoms with Gasteiger partial charge < -0.3 is 9.47 Å². The number of carbonyl (C=O) groups is 1. The van der Waals surface area contributed by atoms with Crippen LogP contribution in [0.5, 0.6) is 0 Å². The minimum absolute atomic E-state index is 0.242. The summed E-state index contributed by atoms with van der Waals surface area (Å²) in [6.45, 7) is 0.242. The Kier molecular flexibility index (Phi) is 6.44. The van der Waals surface area contributed by atoms with Crippen molar-refractivity contribution in [1.82, 2.24) is 9.47 Å². The third-order valence-corrected chi connectivity index (χ3v) is 7.46. The smallest absolute Gasteiger partial charge is 0.281 e. The van der Waals surface area contributed by atoms with E-state index < -0.39 is 0 Å². The highest BCUT2D eigenvalue weighted by Gasteiger charge is 2.37. The van der Waals surface area contributed by atoms with Gasteiger partial charge in [-0.25, -0.2) is 4.39 Å². The zero-order chi connectivity index (χ0) is 24.9. The van der Waals surface area contributed by atoms with Crippen LogP contribution in [-0.4, -0.2) is 27.5 Å². The number of anilines is 1. The van der Waals surface area contributed by atoms with Crippen LogP contribution in [-0.2, 0) is 11.3 Å². The SMILES string of the molecule is CN1C(=S)N(c2ccc(Cl)cc2)C(=O)/C1=C/c1cn(Cc2c(F)cccc2Cl)c2ccc(Br)cc12. The van der Waals surface area contributed by atoms with Gasteiger partial charge in [-0.15, -0.1) is 0 Å². The monoisotopic (exact) mass is 587 g/mol. The van der Waals surface area contributed by atoms with E-state index in [1.54, 1.807) is 54.4 Å². The maximum Gasteiger partial charge on any atom is 0.281 e. The molecule has 0 saturated carbocycles. The van der Waals surface area contributed by atoms with Crippen LogP contribution in [0.2, 0.25) is 10.0 Å². The van der Waals surface area contributed by atoms with Crippen LogP contribution >= 0.6 is 51.3 Å². The van der Waals surface area contributed by atoms with Gasteiger partial charge in [-0.3, -0.25) is 9.69 Å². The molecule has 4 aromatic rings. The Labute approximate surface area is 225 Å². The first-order valence-corrected chi connectivity index (χ1v) is 12.5. The molecule has 0 atom stereocenters. The number of thiocarbonyl (C=S) groups is 1. The highest BCUT2D eigenvalue weighted by Crippen LogP contribution is 2.33. The molecule has 176 valence electrons.